The van der Waals surface area contributed by atoms with Crippen molar-refractivity contribution in [2.75, 3.05) is 18.6 Å². The topological polar surface area (TPSA) is 29.5 Å². The van der Waals surface area contributed by atoms with Gasteiger partial charge in [-0.3, -0.25) is 4.79 Å². The summed E-state index contributed by atoms with van der Waals surface area (Å²) in [6.45, 7) is 0.547. The van der Waals surface area contributed by atoms with Crippen LogP contribution in [0.25, 0.3) is 0 Å². The van der Waals surface area contributed by atoms with Gasteiger partial charge in [0.2, 0.25) is 0 Å². The summed E-state index contributed by atoms with van der Waals surface area (Å²) in [6.07, 6.45) is 1.68. The van der Waals surface area contributed by atoms with E-state index in [4.69, 9.17) is 16.3 Å². The van der Waals surface area contributed by atoms with Gasteiger partial charge in [-0.15, -0.1) is 0 Å². The van der Waals surface area contributed by atoms with E-state index in [1.807, 2.05) is 0 Å². The molecule has 1 heterocycles. The number of ether oxygens (including phenoxy) is 1. The van der Waals surface area contributed by atoms with Crippen LogP contribution in [-0.2, 0) is 6.42 Å². The van der Waals surface area contributed by atoms with Gasteiger partial charge in [-0.25, -0.2) is 4.39 Å². The lowest BCUT2D eigenvalue weighted by atomic mass is 10.0. The molecular formula is C17H15ClFNO2. The van der Waals surface area contributed by atoms with Gasteiger partial charge >= 0.3 is 0 Å². The largest absolute Gasteiger partial charge is 0.496 e. The highest BCUT2D eigenvalue weighted by Gasteiger charge is 2.26. The van der Waals surface area contributed by atoms with E-state index < -0.39 is 0 Å². The van der Waals surface area contributed by atoms with Crippen LogP contribution in [0.2, 0.25) is 5.02 Å². The summed E-state index contributed by atoms with van der Waals surface area (Å²) in [5.74, 6) is -0.125. The number of anilines is 1. The second-order valence-electron chi connectivity index (χ2n) is 5.18. The van der Waals surface area contributed by atoms with Crippen LogP contribution in [0.1, 0.15) is 22.3 Å². The Hall–Kier alpha value is -2.07. The number of fused-ring (bicyclic) bond motifs is 1. The fourth-order valence-corrected chi connectivity index (χ4v) is 2.92. The Labute approximate surface area is 133 Å². The van der Waals surface area contributed by atoms with Gasteiger partial charge in [-0.05, 0) is 48.7 Å². The summed E-state index contributed by atoms with van der Waals surface area (Å²) in [6, 6.07) is 9.47. The van der Waals surface area contributed by atoms with Crippen molar-refractivity contribution in [3.05, 3.63) is 58.4 Å². The zero-order chi connectivity index (χ0) is 15.7. The maximum Gasteiger partial charge on any atom is 0.262 e. The lowest BCUT2D eigenvalue weighted by Gasteiger charge is -2.30. The molecule has 0 N–H and O–H groups in total. The Morgan fingerprint density at radius 3 is 2.86 bits per heavy atom. The van der Waals surface area contributed by atoms with E-state index in [0.29, 0.717) is 28.6 Å². The van der Waals surface area contributed by atoms with E-state index >= 15 is 0 Å². The zero-order valence-electron chi connectivity index (χ0n) is 12.1. The number of hydrogen-bond acceptors (Lipinski definition) is 2. The van der Waals surface area contributed by atoms with Crippen LogP contribution in [0.4, 0.5) is 10.1 Å². The summed E-state index contributed by atoms with van der Waals surface area (Å²) in [4.78, 5) is 14.5. The fourth-order valence-electron chi connectivity index (χ4n) is 2.75. The third kappa shape index (κ3) is 2.66. The molecule has 1 aliphatic rings. The molecule has 0 aliphatic carbocycles. The standard InChI is InChI=1S/C17H15ClFNO2/c1-22-16-7-5-12(18)9-14(16)17(21)20-8-2-3-11-4-6-13(19)10-15(11)20/h4-7,9-10H,2-3,8H2,1H3. The molecule has 0 spiro atoms. The number of carbonyl (C=O) groups excluding carboxylic acids is 1. The fraction of sp³-hybridized carbons (Fsp3) is 0.235. The molecule has 3 nitrogen and oxygen atoms in total. The molecule has 22 heavy (non-hydrogen) atoms. The van der Waals surface area contributed by atoms with Crippen molar-refractivity contribution in [2.45, 2.75) is 12.8 Å². The molecule has 0 saturated heterocycles. The minimum atomic E-state index is -0.350. The third-order valence-corrected chi connectivity index (χ3v) is 4.04. The number of nitrogens with zero attached hydrogens (tertiary/aromatic N) is 1. The van der Waals surface area contributed by atoms with Crippen LogP contribution < -0.4 is 9.64 Å². The van der Waals surface area contributed by atoms with Crippen molar-refractivity contribution in [2.24, 2.45) is 0 Å². The molecule has 0 aromatic heterocycles. The molecule has 1 amide bonds. The molecule has 0 atom stereocenters. The molecule has 0 radical (unpaired) electrons. The third-order valence-electron chi connectivity index (χ3n) is 3.80. The van der Waals surface area contributed by atoms with Gasteiger partial charge in [0.15, 0.2) is 0 Å². The molecule has 2 aromatic carbocycles. The number of amides is 1. The molecule has 0 saturated carbocycles. The first-order chi connectivity index (χ1) is 10.6. The maximum absolute atomic E-state index is 13.6. The Morgan fingerprint density at radius 1 is 1.27 bits per heavy atom. The van der Waals surface area contributed by atoms with E-state index in [0.717, 1.165) is 18.4 Å². The first-order valence-corrected chi connectivity index (χ1v) is 7.42. The number of carbonyl (C=O) groups is 1. The molecule has 0 fully saturated rings. The first kappa shape index (κ1) is 14.9. The van der Waals surface area contributed by atoms with Crippen molar-refractivity contribution in [1.82, 2.24) is 0 Å². The number of benzene rings is 2. The van der Waals surface area contributed by atoms with Crippen LogP contribution in [0.15, 0.2) is 36.4 Å². The predicted molar refractivity (Wildman–Crippen MR) is 84.4 cm³/mol. The predicted octanol–water partition coefficient (Wildman–Crippen LogP) is 4.08. The monoisotopic (exact) mass is 319 g/mol. The molecule has 0 unspecified atom stereocenters. The highest BCUT2D eigenvalue weighted by Crippen LogP contribution is 2.31. The minimum Gasteiger partial charge on any atom is -0.496 e. The average Bonchev–Trinajstić information content (AvgIpc) is 2.53. The quantitative estimate of drug-likeness (QED) is 0.834. The highest BCUT2D eigenvalue weighted by molar-refractivity contribution is 6.31. The molecule has 1 aliphatic heterocycles. The van der Waals surface area contributed by atoms with Crippen LogP contribution in [-0.4, -0.2) is 19.6 Å². The summed E-state index contributed by atoms with van der Waals surface area (Å²) < 4.78 is 18.8. The van der Waals surface area contributed by atoms with Gasteiger partial charge in [0.05, 0.1) is 18.4 Å². The van der Waals surface area contributed by atoms with Crippen LogP contribution >= 0.6 is 11.6 Å². The minimum absolute atomic E-state index is 0.231. The van der Waals surface area contributed by atoms with Gasteiger partial charge in [-0.1, -0.05) is 17.7 Å². The number of halogens is 2. The molecular weight excluding hydrogens is 305 g/mol. The van der Waals surface area contributed by atoms with Crippen LogP contribution in [0.5, 0.6) is 5.75 Å². The molecule has 2 aromatic rings. The molecule has 3 rings (SSSR count). The van der Waals surface area contributed by atoms with Gasteiger partial charge in [0.1, 0.15) is 11.6 Å². The van der Waals surface area contributed by atoms with Crippen molar-refractivity contribution < 1.29 is 13.9 Å². The smallest absolute Gasteiger partial charge is 0.262 e. The van der Waals surface area contributed by atoms with Crippen LogP contribution in [0, 0.1) is 5.82 Å². The van der Waals surface area contributed by atoms with Gasteiger partial charge in [0.25, 0.3) is 5.91 Å². The second kappa shape index (κ2) is 5.97. The van der Waals surface area contributed by atoms with E-state index in [1.165, 1.54) is 19.2 Å². The van der Waals surface area contributed by atoms with Crippen molar-refractivity contribution in [3.8, 4) is 5.75 Å². The first-order valence-electron chi connectivity index (χ1n) is 7.04. The Balaban J connectivity index is 2.04. The average molecular weight is 320 g/mol. The van der Waals surface area contributed by atoms with Crippen molar-refractivity contribution in [1.29, 1.82) is 0 Å². The van der Waals surface area contributed by atoms with E-state index in [9.17, 15) is 9.18 Å². The van der Waals surface area contributed by atoms with E-state index in [2.05, 4.69) is 0 Å². The molecule has 114 valence electrons. The molecule has 5 heteroatoms. The maximum atomic E-state index is 13.6. The summed E-state index contributed by atoms with van der Waals surface area (Å²) >= 11 is 6.00. The Morgan fingerprint density at radius 2 is 2.09 bits per heavy atom. The normalized spacial score (nSPS) is 13.7. The van der Waals surface area contributed by atoms with Gasteiger partial charge < -0.3 is 9.64 Å². The van der Waals surface area contributed by atoms with Crippen molar-refractivity contribution in [3.63, 3.8) is 0 Å². The summed E-state index contributed by atoms with van der Waals surface area (Å²) in [5.41, 5.74) is 1.98. The Bertz CT molecular complexity index is 733. The van der Waals surface area contributed by atoms with E-state index in [-0.39, 0.29) is 11.7 Å². The number of aryl methyl sites for hydroxylation is 1. The lowest BCUT2D eigenvalue weighted by molar-refractivity contribution is 0.0982. The van der Waals surface area contributed by atoms with Crippen molar-refractivity contribution >= 4 is 23.2 Å². The lowest BCUT2D eigenvalue weighted by Crippen LogP contribution is -2.35. The number of methoxy groups -OCH3 is 1. The zero-order valence-corrected chi connectivity index (χ0v) is 12.9. The van der Waals surface area contributed by atoms with Crippen LogP contribution in [0.3, 0.4) is 0 Å². The van der Waals surface area contributed by atoms with E-state index in [1.54, 1.807) is 29.2 Å². The Kier molecular flexibility index (Phi) is 4.03. The summed E-state index contributed by atoms with van der Waals surface area (Å²) in [5, 5.41) is 0.459. The number of rotatable bonds is 2. The second-order valence-corrected chi connectivity index (χ2v) is 5.61. The van der Waals surface area contributed by atoms with Gasteiger partial charge in [-0.2, -0.15) is 0 Å². The number of hydrogen-bond donors (Lipinski definition) is 0. The summed E-state index contributed by atoms with van der Waals surface area (Å²) in [7, 11) is 1.50. The molecule has 0 bridgehead atoms. The SMILES string of the molecule is COc1ccc(Cl)cc1C(=O)N1CCCc2ccc(F)cc21. The highest BCUT2D eigenvalue weighted by atomic mass is 35.5. The van der Waals surface area contributed by atoms with Gasteiger partial charge in [0, 0.05) is 11.6 Å².